The number of hydrogen-bond acceptors (Lipinski definition) is 5. The SMILES string of the molecule is Cc1ccc(S(=O)(=O)N2CCCCC2)cc1C(=O)OCCCc1cccnc1. The Morgan fingerprint density at radius 1 is 1.18 bits per heavy atom. The second kappa shape index (κ2) is 9.30. The number of aryl methyl sites for hydroxylation is 2. The molecule has 1 aliphatic heterocycles. The van der Waals surface area contributed by atoms with Crippen molar-refractivity contribution in [2.45, 2.75) is 43.9 Å². The number of pyridine rings is 1. The number of carbonyl (C=O) groups excluding carboxylic acids is 1. The van der Waals surface area contributed by atoms with E-state index in [1.165, 1.54) is 10.4 Å². The van der Waals surface area contributed by atoms with Gasteiger partial charge in [-0.1, -0.05) is 18.6 Å². The maximum Gasteiger partial charge on any atom is 0.338 e. The molecule has 0 N–H and O–H groups in total. The molecule has 0 saturated carbocycles. The Bertz CT molecular complexity index is 907. The third kappa shape index (κ3) is 4.97. The largest absolute Gasteiger partial charge is 0.462 e. The molecule has 0 spiro atoms. The van der Waals surface area contributed by atoms with Crippen LogP contribution in [-0.4, -0.2) is 43.4 Å². The van der Waals surface area contributed by atoms with Gasteiger partial charge in [0.2, 0.25) is 10.0 Å². The summed E-state index contributed by atoms with van der Waals surface area (Å²) in [5.41, 5.74) is 2.10. The lowest BCUT2D eigenvalue weighted by Gasteiger charge is -2.26. The number of ether oxygens (including phenoxy) is 1. The molecule has 0 aliphatic carbocycles. The zero-order valence-electron chi connectivity index (χ0n) is 16.1. The van der Waals surface area contributed by atoms with Crippen LogP contribution in [0, 0.1) is 6.92 Å². The minimum absolute atomic E-state index is 0.155. The molecular weight excluding hydrogens is 376 g/mol. The maximum absolute atomic E-state index is 12.9. The van der Waals surface area contributed by atoms with Crippen molar-refractivity contribution in [2.75, 3.05) is 19.7 Å². The van der Waals surface area contributed by atoms with Crippen LogP contribution in [0.1, 0.15) is 47.2 Å². The molecule has 1 fully saturated rings. The Morgan fingerprint density at radius 2 is 1.96 bits per heavy atom. The molecule has 0 bridgehead atoms. The van der Waals surface area contributed by atoms with Crippen LogP contribution < -0.4 is 0 Å². The Balaban J connectivity index is 1.64. The number of nitrogens with zero attached hydrogens (tertiary/aromatic N) is 2. The summed E-state index contributed by atoms with van der Waals surface area (Å²) in [6.07, 6.45) is 7.76. The zero-order chi connectivity index (χ0) is 20.0. The van der Waals surface area contributed by atoms with E-state index in [0.717, 1.165) is 31.2 Å². The lowest BCUT2D eigenvalue weighted by Crippen LogP contribution is -2.35. The third-order valence-electron chi connectivity index (χ3n) is 4.95. The van der Waals surface area contributed by atoms with Crippen LogP contribution in [0.15, 0.2) is 47.6 Å². The van der Waals surface area contributed by atoms with E-state index in [-0.39, 0.29) is 11.5 Å². The first-order valence-electron chi connectivity index (χ1n) is 9.65. The Morgan fingerprint density at radius 3 is 2.68 bits per heavy atom. The van der Waals surface area contributed by atoms with Gasteiger partial charge in [0.15, 0.2) is 0 Å². The summed E-state index contributed by atoms with van der Waals surface area (Å²) in [5, 5.41) is 0. The van der Waals surface area contributed by atoms with Gasteiger partial charge in [-0.25, -0.2) is 13.2 Å². The zero-order valence-corrected chi connectivity index (χ0v) is 17.0. The lowest BCUT2D eigenvalue weighted by atomic mass is 10.1. The van der Waals surface area contributed by atoms with Gasteiger partial charge in [-0.2, -0.15) is 4.31 Å². The standard InChI is InChI=1S/C21H26N2O4S/c1-17-9-10-19(28(25,26)23-12-3-2-4-13-23)15-20(17)21(24)27-14-6-8-18-7-5-11-22-16-18/h5,7,9-11,15-16H,2-4,6,8,12-14H2,1H3. The van der Waals surface area contributed by atoms with Gasteiger partial charge in [0.25, 0.3) is 0 Å². The summed E-state index contributed by atoms with van der Waals surface area (Å²) in [5.74, 6) is -0.487. The van der Waals surface area contributed by atoms with Crippen LogP contribution in [-0.2, 0) is 21.2 Å². The van der Waals surface area contributed by atoms with Gasteiger partial charge in [-0.15, -0.1) is 0 Å². The molecule has 28 heavy (non-hydrogen) atoms. The average molecular weight is 403 g/mol. The normalized spacial score (nSPS) is 15.3. The predicted octanol–water partition coefficient (Wildman–Crippen LogP) is 3.35. The molecule has 6 nitrogen and oxygen atoms in total. The van der Waals surface area contributed by atoms with Crippen molar-refractivity contribution in [3.63, 3.8) is 0 Å². The first-order valence-corrected chi connectivity index (χ1v) is 11.1. The molecule has 1 aromatic carbocycles. The number of rotatable bonds is 7. The highest BCUT2D eigenvalue weighted by Gasteiger charge is 2.27. The Hall–Kier alpha value is -2.25. The second-order valence-corrected chi connectivity index (χ2v) is 8.98. The first-order chi connectivity index (χ1) is 13.5. The molecule has 2 heterocycles. The summed E-state index contributed by atoms with van der Waals surface area (Å²) in [6.45, 7) is 3.12. The van der Waals surface area contributed by atoms with Gasteiger partial charge in [0, 0.05) is 25.5 Å². The highest BCUT2D eigenvalue weighted by atomic mass is 32.2. The van der Waals surface area contributed by atoms with Crippen LogP contribution in [0.3, 0.4) is 0 Å². The number of carbonyl (C=O) groups is 1. The summed E-state index contributed by atoms with van der Waals surface area (Å²) in [7, 11) is -3.58. The van der Waals surface area contributed by atoms with Crippen molar-refractivity contribution < 1.29 is 17.9 Å². The number of sulfonamides is 1. The van der Waals surface area contributed by atoms with E-state index in [0.29, 0.717) is 30.6 Å². The van der Waals surface area contributed by atoms with E-state index in [9.17, 15) is 13.2 Å². The van der Waals surface area contributed by atoms with Crippen LogP contribution in [0.5, 0.6) is 0 Å². The number of aromatic nitrogens is 1. The van der Waals surface area contributed by atoms with Crippen LogP contribution in [0.25, 0.3) is 0 Å². The quantitative estimate of drug-likeness (QED) is 0.524. The van der Waals surface area contributed by atoms with E-state index < -0.39 is 16.0 Å². The van der Waals surface area contributed by atoms with Gasteiger partial charge in [-0.3, -0.25) is 4.98 Å². The molecule has 3 rings (SSSR count). The number of piperidine rings is 1. The van der Waals surface area contributed by atoms with Gasteiger partial charge in [0.05, 0.1) is 17.1 Å². The summed E-state index contributed by atoms with van der Waals surface area (Å²) < 4.78 is 32.6. The van der Waals surface area contributed by atoms with Gasteiger partial charge in [0.1, 0.15) is 0 Å². The molecule has 1 aromatic heterocycles. The van der Waals surface area contributed by atoms with Crippen molar-refractivity contribution in [2.24, 2.45) is 0 Å². The maximum atomic E-state index is 12.9. The Kier molecular flexibility index (Phi) is 6.80. The van der Waals surface area contributed by atoms with Gasteiger partial charge in [-0.05, 0) is 61.9 Å². The smallest absolute Gasteiger partial charge is 0.338 e. The molecule has 0 radical (unpaired) electrons. The minimum Gasteiger partial charge on any atom is -0.462 e. The fraction of sp³-hybridized carbons (Fsp3) is 0.429. The number of hydrogen-bond donors (Lipinski definition) is 0. The second-order valence-electron chi connectivity index (χ2n) is 7.04. The molecule has 1 saturated heterocycles. The molecular formula is C21H26N2O4S. The third-order valence-corrected chi connectivity index (χ3v) is 6.84. The summed E-state index contributed by atoms with van der Waals surface area (Å²) in [4.78, 5) is 16.7. The summed E-state index contributed by atoms with van der Waals surface area (Å²) >= 11 is 0. The fourth-order valence-corrected chi connectivity index (χ4v) is 4.84. The minimum atomic E-state index is -3.58. The number of benzene rings is 1. The van der Waals surface area contributed by atoms with Gasteiger partial charge >= 0.3 is 5.97 Å². The summed E-state index contributed by atoms with van der Waals surface area (Å²) in [6, 6.07) is 8.54. The molecule has 0 unspecified atom stereocenters. The van der Waals surface area contributed by atoms with Gasteiger partial charge < -0.3 is 4.74 Å². The molecule has 7 heteroatoms. The van der Waals surface area contributed by atoms with Crippen molar-refractivity contribution in [1.82, 2.24) is 9.29 Å². The van der Waals surface area contributed by atoms with Crippen molar-refractivity contribution >= 4 is 16.0 Å². The van der Waals surface area contributed by atoms with Crippen molar-refractivity contribution in [1.29, 1.82) is 0 Å². The van der Waals surface area contributed by atoms with E-state index in [1.54, 1.807) is 31.5 Å². The molecule has 150 valence electrons. The molecule has 1 aliphatic rings. The first kappa shape index (κ1) is 20.5. The van der Waals surface area contributed by atoms with Crippen LogP contribution >= 0.6 is 0 Å². The van der Waals surface area contributed by atoms with Crippen molar-refractivity contribution in [3.05, 3.63) is 59.4 Å². The lowest BCUT2D eigenvalue weighted by molar-refractivity contribution is 0.0499. The fourth-order valence-electron chi connectivity index (χ4n) is 3.30. The predicted molar refractivity (Wildman–Crippen MR) is 107 cm³/mol. The van der Waals surface area contributed by atoms with E-state index >= 15 is 0 Å². The highest BCUT2D eigenvalue weighted by molar-refractivity contribution is 7.89. The number of esters is 1. The van der Waals surface area contributed by atoms with Crippen LogP contribution in [0.4, 0.5) is 0 Å². The highest BCUT2D eigenvalue weighted by Crippen LogP contribution is 2.23. The van der Waals surface area contributed by atoms with Crippen LogP contribution in [0.2, 0.25) is 0 Å². The molecule has 0 atom stereocenters. The topological polar surface area (TPSA) is 76.6 Å². The van der Waals surface area contributed by atoms with Crippen molar-refractivity contribution in [3.8, 4) is 0 Å². The monoisotopic (exact) mass is 402 g/mol. The molecule has 2 aromatic rings. The van der Waals surface area contributed by atoms with E-state index in [4.69, 9.17) is 4.74 Å². The van der Waals surface area contributed by atoms with E-state index in [1.807, 2.05) is 12.1 Å². The van der Waals surface area contributed by atoms with E-state index in [2.05, 4.69) is 4.98 Å². The molecule has 0 amide bonds. The average Bonchev–Trinajstić information content (AvgIpc) is 2.72. The Labute approximate surface area is 166 Å².